The molecule has 1 aromatic carbocycles. The molecular weight excluding hydrogens is 370 g/mol. The molecule has 0 saturated carbocycles. The number of nitrogens with zero attached hydrogens (tertiary/aromatic N) is 2. The Morgan fingerprint density at radius 3 is 2.50 bits per heavy atom. The van der Waals surface area contributed by atoms with Crippen LogP contribution in [0.3, 0.4) is 0 Å². The first-order valence-corrected chi connectivity index (χ1v) is 7.84. The number of benzene rings is 1. The summed E-state index contributed by atoms with van der Waals surface area (Å²) in [6.45, 7) is 0. The van der Waals surface area contributed by atoms with Crippen LogP contribution in [-0.4, -0.2) is 18.4 Å². The van der Waals surface area contributed by atoms with Gasteiger partial charge < -0.3 is 0 Å². The number of nitrogens with two attached hydrogens (primary N) is 1. The maximum absolute atomic E-state index is 12.1. The molecule has 10 heteroatoms. The van der Waals surface area contributed by atoms with Gasteiger partial charge in [-0.15, -0.1) is 0 Å². The van der Waals surface area contributed by atoms with Crippen molar-refractivity contribution < 1.29 is 8.42 Å². The van der Waals surface area contributed by atoms with Crippen molar-refractivity contribution in [3.8, 4) is 0 Å². The molecule has 0 saturated heterocycles. The van der Waals surface area contributed by atoms with Crippen LogP contribution in [0.1, 0.15) is 0 Å². The molecule has 0 fully saturated rings. The first-order chi connectivity index (χ1) is 9.42. The molecule has 0 aliphatic heterocycles. The van der Waals surface area contributed by atoms with Crippen LogP contribution in [-0.2, 0) is 10.0 Å². The highest BCUT2D eigenvalue weighted by molar-refractivity contribution is 9.10. The average Bonchev–Trinajstić information content (AvgIpc) is 2.43. The molecule has 0 radical (unpaired) electrons. The Kier molecular flexibility index (Phi) is 4.43. The second kappa shape index (κ2) is 5.92. The minimum Gasteiger partial charge on any atom is -0.292 e. The molecule has 0 spiro atoms. The minimum atomic E-state index is -3.83. The van der Waals surface area contributed by atoms with Crippen LogP contribution >= 0.6 is 27.5 Å². The first-order valence-electron chi connectivity index (χ1n) is 5.19. The fourth-order valence-electron chi connectivity index (χ4n) is 1.31. The summed E-state index contributed by atoms with van der Waals surface area (Å²) in [6, 6.07) is 4.82. The van der Waals surface area contributed by atoms with E-state index in [2.05, 4.69) is 36.0 Å². The van der Waals surface area contributed by atoms with Crippen molar-refractivity contribution in [2.24, 2.45) is 5.84 Å². The van der Waals surface area contributed by atoms with Crippen molar-refractivity contribution in [2.75, 3.05) is 10.1 Å². The molecule has 1 heterocycles. The van der Waals surface area contributed by atoms with Crippen LogP contribution < -0.4 is 16.0 Å². The summed E-state index contributed by atoms with van der Waals surface area (Å²) in [5.74, 6) is 5.22. The number of rotatable bonds is 4. The zero-order chi connectivity index (χ0) is 14.8. The number of anilines is 2. The second-order valence-corrected chi connectivity index (χ2v) is 6.62. The zero-order valence-corrected chi connectivity index (χ0v) is 13.0. The molecule has 0 atom stereocenters. The summed E-state index contributed by atoms with van der Waals surface area (Å²) >= 11 is 9.17. The van der Waals surface area contributed by atoms with E-state index in [1.807, 2.05) is 0 Å². The van der Waals surface area contributed by atoms with E-state index >= 15 is 0 Å². The monoisotopic (exact) mass is 377 g/mol. The van der Waals surface area contributed by atoms with Gasteiger partial charge in [-0.3, -0.25) is 10.1 Å². The highest BCUT2D eigenvalue weighted by Gasteiger charge is 2.17. The molecule has 106 valence electrons. The molecule has 0 aliphatic rings. The molecule has 0 unspecified atom stereocenters. The van der Waals surface area contributed by atoms with Crippen LogP contribution in [0.25, 0.3) is 0 Å². The predicted octanol–water partition coefficient (Wildman–Crippen LogP) is 1.98. The first kappa shape index (κ1) is 15.0. The van der Waals surface area contributed by atoms with Crippen molar-refractivity contribution in [1.82, 2.24) is 9.97 Å². The van der Waals surface area contributed by atoms with Crippen LogP contribution in [0, 0.1) is 0 Å². The lowest BCUT2D eigenvalue weighted by molar-refractivity contribution is 0.600. The van der Waals surface area contributed by atoms with Crippen LogP contribution in [0.2, 0.25) is 5.02 Å². The molecule has 1 aromatic heterocycles. The Bertz CT molecular complexity index is 723. The molecule has 2 aromatic rings. The lowest BCUT2D eigenvalue weighted by Gasteiger charge is -2.09. The smallest absolute Gasteiger partial charge is 0.265 e. The van der Waals surface area contributed by atoms with Crippen LogP contribution in [0.5, 0.6) is 0 Å². The average molecular weight is 379 g/mol. The third kappa shape index (κ3) is 3.37. The van der Waals surface area contributed by atoms with E-state index < -0.39 is 10.0 Å². The van der Waals surface area contributed by atoms with Crippen LogP contribution in [0.15, 0.2) is 40.0 Å². The lowest BCUT2D eigenvalue weighted by atomic mass is 10.3. The normalized spacial score (nSPS) is 11.2. The zero-order valence-electron chi connectivity index (χ0n) is 9.84. The van der Waals surface area contributed by atoms with Gasteiger partial charge in [0.15, 0.2) is 0 Å². The Balaban J connectivity index is 2.32. The Morgan fingerprint density at radius 2 is 1.90 bits per heavy atom. The summed E-state index contributed by atoms with van der Waals surface area (Å²) in [4.78, 5) is 7.37. The van der Waals surface area contributed by atoms with Gasteiger partial charge in [-0.25, -0.2) is 24.2 Å². The fraction of sp³-hybridized carbons (Fsp3) is 0. The van der Waals surface area contributed by atoms with Crippen molar-refractivity contribution in [2.45, 2.75) is 4.90 Å². The summed E-state index contributed by atoms with van der Waals surface area (Å²) in [7, 11) is -3.83. The van der Waals surface area contributed by atoms with E-state index in [0.717, 1.165) is 12.4 Å². The van der Waals surface area contributed by atoms with Gasteiger partial charge in [0.05, 0.1) is 23.1 Å². The topological polar surface area (TPSA) is 110 Å². The van der Waals surface area contributed by atoms with E-state index in [-0.39, 0.29) is 21.6 Å². The van der Waals surface area contributed by atoms with Gasteiger partial charge in [-0.2, -0.15) is 0 Å². The molecule has 0 aliphatic carbocycles. The molecule has 2 rings (SSSR count). The van der Waals surface area contributed by atoms with Gasteiger partial charge in [0.2, 0.25) is 5.95 Å². The third-order valence-electron chi connectivity index (χ3n) is 2.24. The Morgan fingerprint density at radius 1 is 1.25 bits per heavy atom. The largest absolute Gasteiger partial charge is 0.292 e. The minimum absolute atomic E-state index is 0.104. The number of aromatic nitrogens is 2. The SMILES string of the molecule is NNc1ncc(S(=O)(=O)Nc2cc(Br)ccc2Cl)cn1. The lowest BCUT2D eigenvalue weighted by Crippen LogP contribution is -2.15. The summed E-state index contributed by atoms with van der Waals surface area (Å²) in [6.07, 6.45) is 2.27. The quantitative estimate of drug-likeness (QED) is 0.554. The number of hydrogen-bond acceptors (Lipinski definition) is 6. The fourth-order valence-corrected chi connectivity index (χ4v) is 2.85. The number of nitrogen functional groups attached to an aromatic ring is 1. The summed E-state index contributed by atoms with van der Waals surface area (Å²) < 4.78 is 27.3. The van der Waals surface area contributed by atoms with E-state index in [4.69, 9.17) is 17.4 Å². The Labute approximate surface area is 128 Å². The van der Waals surface area contributed by atoms with E-state index in [0.29, 0.717) is 4.47 Å². The number of hydrogen-bond donors (Lipinski definition) is 3. The predicted molar refractivity (Wildman–Crippen MR) is 79.8 cm³/mol. The summed E-state index contributed by atoms with van der Waals surface area (Å²) in [5, 5.41) is 0.276. The molecule has 0 bridgehead atoms. The number of sulfonamides is 1. The maximum Gasteiger partial charge on any atom is 0.265 e. The van der Waals surface area contributed by atoms with E-state index in [1.165, 1.54) is 0 Å². The van der Waals surface area contributed by atoms with Gasteiger partial charge in [0.25, 0.3) is 10.0 Å². The van der Waals surface area contributed by atoms with Crippen LogP contribution in [0.4, 0.5) is 11.6 Å². The number of hydrazine groups is 1. The van der Waals surface area contributed by atoms with Gasteiger partial charge in [-0.1, -0.05) is 27.5 Å². The van der Waals surface area contributed by atoms with E-state index in [9.17, 15) is 8.42 Å². The van der Waals surface area contributed by atoms with Gasteiger partial charge in [-0.05, 0) is 18.2 Å². The highest BCUT2D eigenvalue weighted by Crippen LogP contribution is 2.27. The van der Waals surface area contributed by atoms with Gasteiger partial charge >= 0.3 is 0 Å². The molecular formula is C10H9BrClN5O2S. The van der Waals surface area contributed by atoms with Crippen molar-refractivity contribution >= 4 is 49.2 Å². The highest BCUT2D eigenvalue weighted by atomic mass is 79.9. The number of nitrogens with one attached hydrogen (secondary N) is 2. The Hall–Kier alpha value is -1.42. The van der Waals surface area contributed by atoms with Crippen molar-refractivity contribution in [3.63, 3.8) is 0 Å². The number of halogens is 2. The molecule has 7 nitrogen and oxygen atoms in total. The molecule has 0 amide bonds. The standard InChI is InChI=1S/C10H9BrClN5O2S/c11-6-1-2-8(12)9(3-6)17-20(18,19)7-4-14-10(16-13)15-5-7/h1-5,17H,13H2,(H,14,15,16). The van der Waals surface area contributed by atoms with Gasteiger partial charge in [0, 0.05) is 4.47 Å². The van der Waals surface area contributed by atoms with E-state index in [1.54, 1.807) is 18.2 Å². The van der Waals surface area contributed by atoms with Crippen molar-refractivity contribution in [1.29, 1.82) is 0 Å². The molecule has 4 N–H and O–H groups in total. The van der Waals surface area contributed by atoms with Gasteiger partial charge in [0.1, 0.15) is 4.90 Å². The summed E-state index contributed by atoms with van der Waals surface area (Å²) in [5.41, 5.74) is 2.46. The second-order valence-electron chi connectivity index (χ2n) is 3.62. The molecule has 20 heavy (non-hydrogen) atoms. The van der Waals surface area contributed by atoms with Crippen molar-refractivity contribution in [3.05, 3.63) is 40.1 Å². The maximum atomic E-state index is 12.1. The third-order valence-corrected chi connectivity index (χ3v) is 4.38.